The van der Waals surface area contributed by atoms with Crippen molar-refractivity contribution in [2.24, 2.45) is 17.3 Å². The first kappa shape index (κ1) is 10.1. The van der Waals surface area contributed by atoms with Crippen molar-refractivity contribution in [3.8, 4) is 0 Å². The average molecular weight is 224 g/mol. The molecule has 0 N–H and O–H groups in total. The van der Waals surface area contributed by atoms with Crippen molar-refractivity contribution in [3.05, 3.63) is 0 Å². The van der Waals surface area contributed by atoms with Gasteiger partial charge in [0.1, 0.15) is 12.2 Å². The van der Waals surface area contributed by atoms with Crippen LogP contribution in [0.25, 0.3) is 0 Å². The summed E-state index contributed by atoms with van der Waals surface area (Å²) in [5, 5.41) is 0. The van der Waals surface area contributed by atoms with Gasteiger partial charge in [-0.15, -0.1) is 0 Å². The molecule has 4 heteroatoms. The minimum Gasteiger partial charge on any atom is -0.458 e. The van der Waals surface area contributed by atoms with E-state index in [2.05, 4.69) is 0 Å². The van der Waals surface area contributed by atoms with E-state index in [-0.39, 0.29) is 35.5 Å². The molecule has 3 aliphatic rings. The van der Waals surface area contributed by atoms with Gasteiger partial charge in [-0.25, -0.2) is 0 Å². The van der Waals surface area contributed by atoms with Crippen LogP contribution in [0.3, 0.4) is 0 Å². The summed E-state index contributed by atoms with van der Waals surface area (Å²) in [4.78, 5) is 23.1. The molecule has 0 aromatic heterocycles. The lowest BCUT2D eigenvalue weighted by Gasteiger charge is -2.29. The number of hydrogen-bond acceptors (Lipinski definition) is 4. The maximum atomic E-state index is 11.8. The molecule has 0 radical (unpaired) electrons. The van der Waals surface area contributed by atoms with Gasteiger partial charge in [-0.3, -0.25) is 9.59 Å². The second-order valence-corrected chi connectivity index (χ2v) is 5.40. The topological polar surface area (TPSA) is 52.6 Å². The second-order valence-electron chi connectivity index (χ2n) is 5.40. The summed E-state index contributed by atoms with van der Waals surface area (Å²) < 4.78 is 10.8. The summed E-state index contributed by atoms with van der Waals surface area (Å²) in [5.74, 6) is 0.295. The molecule has 3 rings (SSSR count). The lowest BCUT2D eigenvalue weighted by Crippen LogP contribution is -2.39. The van der Waals surface area contributed by atoms with Crippen LogP contribution in [0.2, 0.25) is 0 Å². The van der Waals surface area contributed by atoms with E-state index >= 15 is 0 Å². The number of ether oxygens (including phenoxy) is 2. The predicted molar refractivity (Wildman–Crippen MR) is 54.4 cm³/mol. The molecule has 2 saturated carbocycles. The van der Waals surface area contributed by atoms with Gasteiger partial charge < -0.3 is 9.47 Å². The van der Waals surface area contributed by atoms with Crippen molar-refractivity contribution in [2.75, 3.05) is 0 Å². The first-order valence-corrected chi connectivity index (χ1v) is 5.97. The zero-order valence-corrected chi connectivity index (χ0v) is 9.56. The third-order valence-corrected chi connectivity index (χ3v) is 4.51. The van der Waals surface area contributed by atoms with Gasteiger partial charge in [-0.2, -0.15) is 0 Å². The van der Waals surface area contributed by atoms with Crippen molar-refractivity contribution < 1.29 is 19.1 Å². The summed E-state index contributed by atoms with van der Waals surface area (Å²) in [5.41, 5.74) is -0.301. The molecule has 4 nitrogen and oxygen atoms in total. The smallest absolute Gasteiger partial charge is 0.312 e. The Balaban J connectivity index is 1.83. The van der Waals surface area contributed by atoms with E-state index in [1.54, 1.807) is 6.92 Å². The van der Waals surface area contributed by atoms with Crippen LogP contribution in [-0.4, -0.2) is 24.1 Å². The Kier molecular flexibility index (Phi) is 1.89. The van der Waals surface area contributed by atoms with Gasteiger partial charge in [-0.1, -0.05) is 6.92 Å². The molecule has 0 amide bonds. The van der Waals surface area contributed by atoms with Crippen molar-refractivity contribution in [3.63, 3.8) is 0 Å². The van der Waals surface area contributed by atoms with Crippen LogP contribution in [0.15, 0.2) is 0 Å². The van der Waals surface area contributed by atoms with Gasteiger partial charge in [0, 0.05) is 18.3 Å². The van der Waals surface area contributed by atoms with Gasteiger partial charge in [0.2, 0.25) is 0 Å². The summed E-state index contributed by atoms with van der Waals surface area (Å²) in [6, 6.07) is 0. The first-order chi connectivity index (χ1) is 7.56. The van der Waals surface area contributed by atoms with Crippen LogP contribution in [0, 0.1) is 17.3 Å². The van der Waals surface area contributed by atoms with E-state index in [4.69, 9.17) is 9.47 Å². The number of carbonyl (C=O) groups excluding carboxylic acids is 2. The maximum Gasteiger partial charge on any atom is 0.312 e. The molecule has 1 saturated heterocycles. The fraction of sp³-hybridized carbons (Fsp3) is 0.833. The number of fused-ring (bicyclic) bond motifs is 1. The van der Waals surface area contributed by atoms with Crippen LogP contribution < -0.4 is 0 Å². The van der Waals surface area contributed by atoms with Crippen LogP contribution in [0.5, 0.6) is 0 Å². The molecule has 0 aromatic rings. The van der Waals surface area contributed by atoms with Crippen molar-refractivity contribution in [1.29, 1.82) is 0 Å². The number of rotatable bonds is 2. The standard InChI is InChI=1S/C12H16O4/c1-3-8(13)15-9-6-4-7-10(9)16-11(14)12(7,2)5-6/h6-7,9-10H,3-5H2,1-2H3/t6?,7?,9?,10?,12-/m0/s1. The fourth-order valence-electron chi connectivity index (χ4n) is 3.65. The number of hydrogen-bond donors (Lipinski definition) is 0. The molecule has 5 atom stereocenters. The van der Waals surface area contributed by atoms with Gasteiger partial charge >= 0.3 is 11.9 Å². The lowest BCUT2D eigenvalue weighted by molar-refractivity contribution is -0.161. The Morgan fingerprint density at radius 3 is 3.06 bits per heavy atom. The normalized spacial score (nSPS) is 48.2. The molecule has 0 aromatic carbocycles. The molecule has 88 valence electrons. The molecule has 2 bridgehead atoms. The van der Waals surface area contributed by atoms with Gasteiger partial charge in [0.25, 0.3) is 0 Å². The highest BCUT2D eigenvalue weighted by molar-refractivity contribution is 5.81. The Morgan fingerprint density at radius 1 is 1.62 bits per heavy atom. The zero-order valence-electron chi connectivity index (χ0n) is 9.56. The zero-order chi connectivity index (χ0) is 11.5. The lowest BCUT2D eigenvalue weighted by atomic mass is 9.75. The molecule has 4 unspecified atom stereocenters. The Hall–Kier alpha value is -1.06. The van der Waals surface area contributed by atoms with E-state index in [0.717, 1.165) is 12.8 Å². The SMILES string of the molecule is CCC(=O)OC1C2CC3C1OC(=O)[C@@]3(C)C2. The van der Waals surface area contributed by atoms with E-state index in [0.29, 0.717) is 12.3 Å². The minimum atomic E-state index is -0.301. The molecule has 0 spiro atoms. The molecule has 2 aliphatic carbocycles. The Bertz CT molecular complexity index is 364. The summed E-state index contributed by atoms with van der Waals surface area (Å²) in [6.45, 7) is 3.76. The minimum absolute atomic E-state index is 0.0972. The van der Waals surface area contributed by atoms with Crippen LogP contribution in [0.1, 0.15) is 33.1 Å². The van der Waals surface area contributed by atoms with Crippen molar-refractivity contribution in [2.45, 2.75) is 45.3 Å². The summed E-state index contributed by atoms with van der Waals surface area (Å²) in [7, 11) is 0. The Morgan fingerprint density at radius 2 is 2.38 bits per heavy atom. The number of carbonyl (C=O) groups is 2. The van der Waals surface area contributed by atoms with Crippen molar-refractivity contribution >= 4 is 11.9 Å². The van der Waals surface area contributed by atoms with Crippen LogP contribution in [0.4, 0.5) is 0 Å². The maximum absolute atomic E-state index is 11.8. The molecule has 1 heterocycles. The number of esters is 2. The summed E-state index contributed by atoms with van der Waals surface area (Å²) >= 11 is 0. The van der Waals surface area contributed by atoms with E-state index in [9.17, 15) is 9.59 Å². The third kappa shape index (κ3) is 1.05. The van der Waals surface area contributed by atoms with Crippen LogP contribution >= 0.6 is 0 Å². The largest absolute Gasteiger partial charge is 0.458 e. The van der Waals surface area contributed by atoms with Gasteiger partial charge in [0.15, 0.2) is 0 Å². The van der Waals surface area contributed by atoms with Gasteiger partial charge in [-0.05, 0) is 19.8 Å². The first-order valence-electron chi connectivity index (χ1n) is 5.97. The Labute approximate surface area is 94.3 Å². The van der Waals surface area contributed by atoms with E-state index in [1.807, 2.05) is 6.92 Å². The second kappa shape index (κ2) is 2.99. The predicted octanol–water partition coefficient (Wildman–Crippen LogP) is 1.28. The average Bonchev–Trinajstić information content (AvgIpc) is 2.79. The molecule has 3 fully saturated rings. The highest BCUT2D eigenvalue weighted by atomic mass is 16.6. The van der Waals surface area contributed by atoms with Crippen molar-refractivity contribution in [1.82, 2.24) is 0 Å². The molecule has 16 heavy (non-hydrogen) atoms. The van der Waals surface area contributed by atoms with Gasteiger partial charge in [0.05, 0.1) is 5.41 Å². The molecule has 1 aliphatic heterocycles. The fourth-order valence-corrected chi connectivity index (χ4v) is 3.65. The molecular weight excluding hydrogens is 208 g/mol. The van der Waals surface area contributed by atoms with E-state index < -0.39 is 0 Å². The highest BCUT2D eigenvalue weighted by Gasteiger charge is 2.69. The monoisotopic (exact) mass is 224 g/mol. The van der Waals surface area contributed by atoms with Crippen LogP contribution in [-0.2, 0) is 19.1 Å². The quantitative estimate of drug-likeness (QED) is 0.663. The third-order valence-electron chi connectivity index (χ3n) is 4.51. The summed E-state index contributed by atoms with van der Waals surface area (Å²) in [6.07, 6.45) is 1.80. The van der Waals surface area contributed by atoms with E-state index in [1.165, 1.54) is 0 Å². The molecular formula is C12H16O4. The highest BCUT2D eigenvalue weighted by Crippen LogP contribution is 2.62.